The van der Waals surface area contributed by atoms with Crippen molar-refractivity contribution in [1.29, 1.82) is 0 Å². The lowest BCUT2D eigenvalue weighted by molar-refractivity contribution is 0.669. The van der Waals surface area contributed by atoms with Gasteiger partial charge in [-0.3, -0.25) is 0 Å². The van der Waals surface area contributed by atoms with Crippen molar-refractivity contribution < 1.29 is 4.42 Å². The van der Waals surface area contributed by atoms with E-state index in [0.717, 1.165) is 49.8 Å². The minimum atomic E-state index is 0.556. The molecule has 5 aromatic carbocycles. The van der Waals surface area contributed by atoms with Crippen LogP contribution >= 0.6 is 11.6 Å². The van der Waals surface area contributed by atoms with E-state index in [9.17, 15) is 0 Å². The summed E-state index contributed by atoms with van der Waals surface area (Å²) in [4.78, 5) is 15.0. The molecule has 0 atom stereocenters. The van der Waals surface area contributed by atoms with Gasteiger partial charge in [0.2, 0.25) is 0 Å². The van der Waals surface area contributed by atoms with Crippen molar-refractivity contribution in [1.82, 2.24) is 15.0 Å². The van der Waals surface area contributed by atoms with E-state index in [1.165, 1.54) is 0 Å². The highest BCUT2D eigenvalue weighted by Gasteiger charge is 2.19. The van der Waals surface area contributed by atoms with Gasteiger partial charge in [0.05, 0.1) is 0 Å². The highest BCUT2D eigenvalue weighted by Crippen LogP contribution is 2.37. The fraction of sp³-hybridized carbons (Fsp3) is 0. The first-order valence-electron chi connectivity index (χ1n) is 12.3. The lowest BCUT2D eigenvalue weighted by Crippen LogP contribution is -2.01. The van der Waals surface area contributed by atoms with Gasteiger partial charge >= 0.3 is 0 Å². The second-order valence-electron chi connectivity index (χ2n) is 9.01. The number of hydrogen-bond acceptors (Lipinski definition) is 4. The molecule has 180 valence electrons. The molecule has 38 heavy (non-hydrogen) atoms. The van der Waals surface area contributed by atoms with Crippen LogP contribution in [0.2, 0.25) is 5.02 Å². The van der Waals surface area contributed by atoms with Crippen molar-refractivity contribution in [2.24, 2.45) is 0 Å². The average molecular weight is 510 g/mol. The van der Waals surface area contributed by atoms with Crippen molar-refractivity contribution in [2.45, 2.75) is 0 Å². The Morgan fingerprint density at radius 2 is 1.08 bits per heavy atom. The van der Waals surface area contributed by atoms with Crippen LogP contribution in [-0.4, -0.2) is 15.0 Å². The molecule has 0 aliphatic heterocycles. The number of para-hydroxylation sites is 1. The maximum Gasteiger partial charge on any atom is 0.164 e. The Labute approximate surface area is 224 Å². The van der Waals surface area contributed by atoms with Crippen LogP contribution < -0.4 is 0 Å². The Morgan fingerprint density at radius 3 is 1.92 bits per heavy atom. The summed E-state index contributed by atoms with van der Waals surface area (Å²) < 4.78 is 6.15. The second-order valence-corrected chi connectivity index (χ2v) is 9.44. The third kappa shape index (κ3) is 3.92. The number of nitrogens with zero attached hydrogens (tertiary/aromatic N) is 3. The molecule has 0 unspecified atom stereocenters. The molecule has 0 fully saturated rings. The SMILES string of the molecule is Clc1cccc(-c2nc(-c3ccccc3-c3ccccc3)nc(-c3cccc4oc5ccccc5c34)n2)c1. The summed E-state index contributed by atoms with van der Waals surface area (Å²) in [7, 11) is 0. The van der Waals surface area contributed by atoms with Gasteiger partial charge in [0.1, 0.15) is 11.2 Å². The Morgan fingerprint density at radius 1 is 0.474 bits per heavy atom. The molecule has 0 N–H and O–H groups in total. The van der Waals surface area contributed by atoms with E-state index in [2.05, 4.69) is 30.3 Å². The minimum absolute atomic E-state index is 0.556. The van der Waals surface area contributed by atoms with Gasteiger partial charge in [-0.1, -0.05) is 109 Å². The molecule has 0 amide bonds. The van der Waals surface area contributed by atoms with Gasteiger partial charge in [0, 0.05) is 32.5 Å². The predicted molar refractivity (Wildman–Crippen MR) is 154 cm³/mol. The van der Waals surface area contributed by atoms with Gasteiger partial charge in [0.15, 0.2) is 17.5 Å². The van der Waals surface area contributed by atoms with E-state index in [0.29, 0.717) is 22.5 Å². The highest BCUT2D eigenvalue weighted by molar-refractivity contribution is 6.30. The first-order valence-corrected chi connectivity index (χ1v) is 12.7. The van der Waals surface area contributed by atoms with E-state index in [1.54, 1.807) is 0 Å². The fourth-order valence-corrected chi connectivity index (χ4v) is 5.07. The van der Waals surface area contributed by atoms with E-state index < -0.39 is 0 Å². The van der Waals surface area contributed by atoms with Crippen molar-refractivity contribution in [3.8, 4) is 45.3 Å². The molecule has 7 aromatic rings. The quantitative estimate of drug-likeness (QED) is 0.237. The molecule has 0 bridgehead atoms. The maximum absolute atomic E-state index is 6.36. The lowest BCUT2D eigenvalue weighted by atomic mass is 9.99. The number of halogens is 1. The molecule has 4 nitrogen and oxygen atoms in total. The standard InChI is InChI=1S/C33H20ClN3O/c34-23-13-8-12-22(20-23)31-35-32(25-15-5-4-14-24(25)21-10-2-1-3-11-21)37-33(36-31)27-17-9-19-29-30(27)26-16-6-7-18-28(26)38-29/h1-20H. The Hall–Kier alpha value is -4.80. The summed E-state index contributed by atoms with van der Waals surface area (Å²) in [5, 5.41) is 2.63. The van der Waals surface area contributed by atoms with Crippen molar-refractivity contribution in [3.63, 3.8) is 0 Å². The number of fused-ring (bicyclic) bond motifs is 3. The molecule has 5 heteroatoms. The van der Waals surface area contributed by atoms with Gasteiger partial charge in [-0.25, -0.2) is 15.0 Å². The van der Waals surface area contributed by atoms with Crippen LogP contribution in [0.25, 0.3) is 67.2 Å². The first kappa shape index (κ1) is 22.4. The van der Waals surface area contributed by atoms with Crippen molar-refractivity contribution >= 4 is 33.5 Å². The third-order valence-corrected chi connectivity index (χ3v) is 6.85. The number of furan rings is 1. The van der Waals surface area contributed by atoms with Crippen LogP contribution in [0.15, 0.2) is 126 Å². The molecule has 0 saturated heterocycles. The molecule has 0 radical (unpaired) electrons. The molecule has 2 aromatic heterocycles. The monoisotopic (exact) mass is 509 g/mol. The smallest absolute Gasteiger partial charge is 0.164 e. The summed E-state index contributed by atoms with van der Waals surface area (Å²) in [5.41, 5.74) is 6.40. The Bertz CT molecular complexity index is 1950. The average Bonchev–Trinajstić information content (AvgIpc) is 3.36. The first-order chi connectivity index (χ1) is 18.7. The Kier molecular flexibility index (Phi) is 5.46. The van der Waals surface area contributed by atoms with Crippen LogP contribution in [0.3, 0.4) is 0 Å². The van der Waals surface area contributed by atoms with Crippen molar-refractivity contribution in [3.05, 3.63) is 126 Å². The van der Waals surface area contributed by atoms with Gasteiger partial charge in [0.25, 0.3) is 0 Å². The van der Waals surface area contributed by atoms with E-state index in [4.69, 9.17) is 31.0 Å². The number of hydrogen-bond donors (Lipinski definition) is 0. The zero-order chi connectivity index (χ0) is 25.5. The number of benzene rings is 5. The summed E-state index contributed by atoms with van der Waals surface area (Å²) >= 11 is 6.36. The van der Waals surface area contributed by atoms with E-state index in [1.807, 2.05) is 91.0 Å². The van der Waals surface area contributed by atoms with Gasteiger partial charge < -0.3 is 4.42 Å². The van der Waals surface area contributed by atoms with E-state index in [-0.39, 0.29) is 0 Å². The van der Waals surface area contributed by atoms with Crippen LogP contribution in [0.4, 0.5) is 0 Å². The summed E-state index contributed by atoms with van der Waals surface area (Å²) in [5.74, 6) is 1.72. The maximum atomic E-state index is 6.36. The summed E-state index contributed by atoms with van der Waals surface area (Å²) in [6, 6.07) is 40.1. The summed E-state index contributed by atoms with van der Waals surface area (Å²) in [6.45, 7) is 0. The molecule has 7 rings (SSSR count). The zero-order valence-electron chi connectivity index (χ0n) is 20.2. The second kappa shape index (κ2) is 9.25. The minimum Gasteiger partial charge on any atom is -0.456 e. The lowest BCUT2D eigenvalue weighted by Gasteiger charge is -2.12. The van der Waals surface area contributed by atoms with E-state index >= 15 is 0 Å². The fourth-order valence-electron chi connectivity index (χ4n) is 4.88. The molecule has 0 saturated carbocycles. The van der Waals surface area contributed by atoms with Crippen LogP contribution in [0, 0.1) is 0 Å². The summed E-state index contributed by atoms with van der Waals surface area (Å²) in [6.07, 6.45) is 0. The van der Waals surface area contributed by atoms with Gasteiger partial charge in [-0.15, -0.1) is 0 Å². The number of aromatic nitrogens is 3. The topological polar surface area (TPSA) is 51.8 Å². The molecular weight excluding hydrogens is 490 g/mol. The molecule has 0 aliphatic carbocycles. The van der Waals surface area contributed by atoms with Gasteiger partial charge in [-0.05, 0) is 35.4 Å². The molecule has 0 aliphatic rings. The number of rotatable bonds is 4. The third-order valence-electron chi connectivity index (χ3n) is 6.61. The molecule has 0 spiro atoms. The Balaban J connectivity index is 1.52. The highest BCUT2D eigenvalue weighted by atomic mass is 35.5. The van der Waals surface area contributed by atoms with Crippen LogP contribution in [0.1, 0.15) is 0 Å². The van der Waals surface area contributed by atoms with Gasteiger partial charge in [-0.2, -0.15) is 0 Å². The van der Waals surface area contributed by atoms with Crippen LogP contribution in [-0.2, 0) is 0 Å². The molecular formula is C33H20ClN3O. The van der Waals surface area contributed by atoms with Crippen molar-refractivity contribution in [2.75, 3.05) is 0 Å². The molecule has 2 heterocycles. The normalized spacial score (nSPS) is 11.3. The largest absolute Gasteiger partial charge is 0.456 e. The van der Waals surface area contributed by atoms with Crippen LogP contribution in [0.5, 0.6) is 0 Å². The zero-order valence-corrected chi connectivity index (χ0v) is 20.9. The predicted octanol–water partition coefficient (Wildman–Crippen LogP) is 9.09.